The lowest BCUT2D eigenvalue weighted by Crippen LogP contribution is -2.20. The zero-order valence-electron chi connectivity index (χ0n) is 19.8. The van der Waals surface area contributed by atoms with Gasteiger partial charge in [0.1, 0.15) is 24.7 Å². The number of nitrogens with one attached hydrogen (secondary N) is 2. The van der Waals surface area contributed by atoms with Crippen molar-refractivity contribution >= 4 is 23.6 Å². The van der Waals surface area contributed by atoms with Gasteiger partial charge in [0.25, 0.3) is 0 Å². The summed E-state index contributed by atoms with van der Waals surface area (Å²) in [7, 11) is 0. The third-order valence-corrected chi connectivity index (χ3v) is 4.35. The van der Waals surface area contributed by atoms with Crippen LogP contribution in [-0.4, -0.2) is 50.0 Å². The Hall–Kier alpha value is -4.08. The molecule has 0 saturated carbocycles. The van der Waals surface area contributed by atoms with Crippen molar-refractivity contribution in [2.24, 2.45) is 10.2 Å². The summed E-state index contributed by atoms with van der Waals surface area (Å²) in [6.45, 7) is 8.31. The van der Waals surface area contributed by atoms with Gasteiger partial charge in [-0.1, -0.05) is 0 Å². The van der Waals surface area contributed by atoms with Crippen molar-refractivity contribution in [2.45, 2.75) is 27.7 Å². The minimum Gasteiger partial charge on any atom is -0.490 e. The zero-order chi connectivity index (χ0) is 24.8. The van der Waals surface area contributed by atoms with Crippen LogP contribution in [0.1, 0.15) is 38.8 Å². The van der Waals surface area contributed by atoms with Gasteiger partial charge in [-0.25, -0.2) is 20.4 Å². The molecular formula is C24H30N4O6. The highest BCUT2D eigenvalue weighted by molar-refractivity contribution is 5.99. The zero-order valence-corrected chi connectivity index (χ0v) is 19.8. The van der Waals surface area contributed by atoms with Crippen molar-refractivity contribution < 1.29 is 28.5 Å². The molecule has 0 aliphatic rings. The maximum absolute atomic E-state index is 11.3. The van der Waals surface area contributed by atoms with Crippen LogP contribution in [0, 0.1) is 0 Å². The van der Waals surface area contributed by atoms with Crippen LogP contribution in [0.4, 0.5) is 9.59 Å². The Morgan fingerprint density at radius 2 is 1.03 bits per heavy atom. The monoisotopic (exact) mass is 470 g/mol. The average Bonchev–Trinajstić information content (AvgIpc) is 2.85. The van der Waals surface area contributed by atoms with Gasteiger partial charge in [-0.2, -0.15) is 10.2 Å². The summed E-state index contributed by atoms with van der Waals surface area (Å²) in [5, 5.41) is 7.99. The molecule has 2 rings (SSSR count). The molecule has 10 heteroatoms. The molecule has 0 heterocycles. The number of ether oxygens (including phenoxy) is 4. The molecule has 0 saturated heterocycles. The number of hydrogen-bond acceptors (Lipinski definition) is 8. The first kappa shape index (κ1) is 26.2. The largest absolute Gasteiger partial charge is 0.490 e. The predicted molar refractivity (Wildman–Crippen MR) is 129 cm³/mol. The number of carbonyl (C=O) groups excluding carboxylic acids is 2. The molecule has 0 atom stereocenters. The van der Waals surface area contributed by atoms with Crippen LogP contribution in [0.3, 0.4) is 0 Å². The summed E-state index contributed by atoms with van der Waals surface area (Å²) >= 11 is 0. The normalized spacial score (nSPS) is 11.4. The van der Waals surface area contributed by atoms with E-state index in [1.807, 2.05) is 48.5 Å². The lowest BCUT2D eigenvalue weighted by Gasteiger charge is -2.10. The second-order valence-electron chi connectivity index (χ2n) is 6.80. The summed E-state index contributed by atoms with van der Waals surface area (Å²) in [6.07, 6.45) is -1.18. The number of hydrogen-bond donors (Lipinski definition) is 2. The number of rotatable bonds is 11. The molecular weight excluding hydrogens is 440 g/mol. The third-order valence-electron chi connectivity index (χ3n) is 4.35. The van der Waals surface area contributed by atoms with Gasteiger partial charge in [0.15, 0.2) is 0 Å². The molecule has 2 aromatic rings. The van der Waals surface area contributed by atoms with E-state index in [-0.39, 0.29) is 13.2 Å². The topological polar surface area (TPSA) is 120 Å². The molecule has 0 bridgehead atoms. The minimum atomic E-state index is -0.592. The SMILES string of the molecule is CCOC(=O)N/N=C(/C)c1ccc(OCCOc2ccc(/C(C)=N/NC(=O)OCC)cc2)cc1. The van der Waals surface area contributed by atoms with Crippen molar-refractivity contribution in [1.29, 1.82) is 0 Å². The lowest BCUT2D eigenvalue weighted by molar-refractivity contribution is 0.151. The number of hydrazone groups is 2. The first-order valence-corrected chi connectivity index (χ1v) is 10.8. The predicted octanol–water partition coefficient (Wildman–Crippen LogP) is 4.08. The van der Waals surface area contributed by atoms with Gasteiger partial charge in [-0.15, -0.1) is 0 Å². The van der Waals surface area contributed by atoms with E-state index in [0.29, 0.717) is 36.1 Å². The summed E-state index contributed by atoms with van der Waals surface area (Å²) < 4.78 is 20.9. The Morgan fingerprint density at radius 1 is 0.676 bits per heavy atom. The molecule has 0 unspecified atom stereocenters. The van der Waals surface area contributed by atoms with Crippen LogP contribution < -0.4 is 20.3 Å². The highest BCUT2D eigenvalue weighted by Crippen LogP contribution is 2.15. The van der Waals surface area contributed by atoms with Crippen molar-refractivity contribution in [3.05, 3.63) is 59.7 Å². The highest BCUT2D eigenvalue weighted by atomic mass is 16.6. The minimum absolute atomic E-state index is 0.284. The summed E-state index contributed by atoms with van der Waals surface area (Å²) in [4.78, 5) is 22.6. The van der Waals surface area contributed by atoms with E-state index in [1.54, 1.807) is 27.7 Å². The van der Waals surface area contributed by atoms with Gasteiger partial charge >= 0.3 is 12.2 Å². The Bertz CT molecular complexity index is 906. The fourth-order valence-corrected chi connectivity index (χ4v) is 2.62. The summed E-state index contributed by atoms with van der Waals surface area (Å²) in [6, 6.07) is 14.7. The maximum Gasteiger partial charge on any atom is 0.427 e. The van der Waals surface area contributed by atoms with E-state index >= 15 is 0 Å². The van der Waals surface area contributed by atoms with Gasteiger partial charge < -0.3 is 18.9 Å². The first-order valence-electron chi connectivity index (χ1n) is 10.8. The molecule has 182 valence electrons. The number of carbonyl (C=O) groups is 2. The van der Waals surface area contributed by atoms with Crippen LogP contribution >= 0.6 is 0 Å². The van der Waals surface area contributed by atoms with E-state index in [9.17, 15) is 9.59 Å². The highest BCUT2D eigenvalue weighted by Gasteiger charge is 2.04. The Morgan fingerprint density at radius 3 is 1.35 bits per heavy atom. The molecule has 34 heavy (non-hydrogen) atoms. The Balaban J connectivity index is 1.76. The molecule has 0 spiro atoms. The fourth-order valence-electron chi connectivity index (χ4n) is 2.62. The molecule has 2 aromatic carbocycles. The molecule has 0 aromatic heterocycles. The summed E-state index contributed by atoms with van der Waals surface area (Å²) in [5.74, 6) is 1.38. The van der Waals surface area contributed by atoms with Crippen molar-refractivity contribution in [3.63, 3.8) is 0 Å². The first-order chi connectivity index (χ1) is 16.4. The molecule has 2 amide bonds. The van der Waals surface area contributed by atoms with Gasteiger partial charge in [-0.05, 0) is 87.4 Å². The van der Waals surface area contributed by atoms with Gasteiger partial charge in [0.2, 0.25) is 0 Å². The Kier molecular flexibility index (Phi) is 10.9. The molecule has 10 nitrogen and oxygen atoms in total. The van der Waals surface area contributed by atoms with Crippen molar-refractivity contribution in [2.75, 3.05) is 26.4 Å². The van der Waals surface area contributed by atoms with Crippen LogP contribution in [0.15, 0.2) is 58.7 Å². The van der Waals surface area contributed by atoms with E-state index in [2.05, 4.69) is 21.1 Å². The molecule has 0 radical (unpaired) electrons. The average molecular weight is 471 g/mol. The van der Waals surface area contributed by atoms with E-state index in [4.69, 9.17) is 18.9 Å². The number of benzene rings is 2. The van der Waals surface area contributed by atoms with Gasteiger partial charge in [-0.3, -0.25) is 0 Å². The second kappa shape index (κ2) is 14.1. The van der Waals surface area contributed by atoms with Crippen molar-refractivity contribution in [3.8, 4) is 11.5 Å². The van der Waals surface area contributed by atoms with Crippen LogP contribution in [0.5, 0.6) is 11.5 Å². The van der Waals surface area contributed by atoms with Gasteiger partial charge in [0, 0.05) is 0 Å². The van der Waals surface area contributed by atoms with Crippen LogP contribution in [0.2, 0.25) is 0 Å². The van der Waals surface area contributed by atoms with Crippen LogP contribution in [-0.2, 0) is 9.47 Å². The van der Waals surface area contributed by atoms with E-state index in [1.165, 1.54) is 0 Å². The summed E-state index contributed by atoms with van der Waals surface area (Å²) in [5.41, 5.74) is 7.63. The number of amides is 2. The number of nitrogens with zero attached hydrogens (tertiary/aromatic N) is 2. The molecule has 2 N–H and O–H groups in total. The quantitative estimate of drug-likeness (QED) is 0.290. The fraction of sp³-hybridized carbons (Fsp3) is 0.333. The Labute approximate surface area is 198 Å². The second-order valence-corrected chi connectivity index (χ2v) is 6.80. The maximum atomic E-state index is 11.3. The van der Waals surface area contributed by atoms with E-state index in [0.717, 1.165) is 11.1 Å². The third kappa shape index (κ3) is 9.19. The molecule has 0 aliphatic heterocycles. The van der Waals surface area contributed by atoms with E-state index < -0.39 is 12.2 Å². The van der Waals surface area contributed by atoms with Crippen LogP contribution in [0.25, 0.3) is 0 Å². The smallest absolute Gasteiger partial charge is 0.427 e. The molecule has 0 aliphatic carbocycles. The van der Waals surface area contributed by atoms with Crippen molar-refractivity contribution in [1.82, 2.24) is 10.9 Å². The standard InChI is InChI=1S/C24H30N4O6/c1-5-31-23(29)27-25-17(3)19-7-11-21(12-8-19)33-15-16-34-22-13-9-20(10-14-22)18(4)26-28-24(30)32-6-2/h7-14H,5-6,15-16H2,1-4H3,(H,27,29)(H,28,30)/b25-17-,26-18+. The lowest BCUT2D eigenvalue weighted by atomic mass is 10.1. The van der Waals surface area contributed by atoms with Gasteiger partial charge in [0.05, 0.1) is 24.6 Å². The molecule has 0 fully saturated rings.